The van der Waals surface area contributed by atoms with E-state index in [1.54, 1.807) is 6.07 Å². The van der Waals surface area contributed by atoms with Crippen molar-refractivity contribution in [3.63, 3.8) is 0 Å². The fraction of sp³-hybridized carbons (Fsp3) is 0.227. The average Bonchev–Trinajstić information content (AvgIpc) is 3.03. The van der Waals surface area contributed by atoms with E-state index in [1.807, 2.05) is 23.5 Å². The van der Waals surface area contributed by atoms with Crippen molar-refractivity contribution in [1.82, 2.24) is 20.3 Å². The van der Waals surface area contributed by atoms with E-state index in [2.05, 4.69) is 45.6 Å². The van der Waals surface area contributed by atoms with Gasteiger partial charge < -0.3 is 15.7 Å². The van der Waals surface area contributed by atoms with Gasteiger partial charge in [0.1, 0.15) is 12.3 Å². The van der Waals surface area contributed by atoms with Crippen LogP contribution in [0.2, 0.25) is 0 Å². The molecular formula is C22H19N5OS. The van der Waals surface area contributed by atoms with Crippen molar-refractivity contribution < 1.29 is 5.11 Å². The number of terminal acetylenes is 1. The Kier molecular flexibility index (Phi) is 4.40. The minimum atomic E-state index is -0.268. The molecule has 0 amide bonds. The molecule has 0 fully saturated rings. The summed E-state index contributed by atoms with van der Waals surface area (Å²) in [6.07, 6.45) is 5.50. The molecule has 1 aromatic carbocycles. The number of thiophene rings is 1. The smallest absolute Gasteiger partial charge is 0.155 e. The molecule has 6 nitrogen and oxygen atoms in total. The number of fused-ring (bicyclic) bond motifs is 5. The second-order valence-corrected chi connectivity index (χ2v) is 8.26. The normalized spacial score (nSPS) is 16.2. The Morgan fingerprint density at radius 1 is 1.21 bits per heavy atom. The molecule has 0 saturated heterocycles. The lowest BCUT2D eigenvalue weighted by molar-refractivity contribution is 0.271. The van der Waals surface area contributed by atoms with E-state index in [0.717, 1.165) is 24.0 Å². The summed E-state index contributed by atoms with van der Waals surface area (Å²) < 4.78 is 1.25. The highest BCUT2D eigenvalue weighted by atomic mass is 32.1. The highest BCUT2D eigenvalue weighted by Gasteiger charge is 2.19. The summed E-state index contributed by atoms with van der Waals surface area (Å²) in [6.45, 7) is 3.68. The molecule has 5 rings (SSSR count). The number of hydrogen-bond acceptors (Lipinski definition) is 7. The van der Waals surface area contributed by atoms with E-state index in [1.165, 1.54) is 20.7 Å². The molecular weight excluding hydrogens is 382 g/mol. The molecule has 0 saturated carbocycles. The summed E-state index contributed by atoms with van der Waals surface area (Å²) >= 11 is 1.82. The van der Waals surface area contributed by atoms with Gasteiger partial charge in [0, 0.05) is 45.5 Å². The Balaban J connectivity index is 1.67. The monoisotopic (exact) mass is 401 g/mol. The molecule has 1 aliphatic heterocycles. The first-order chi connectivity index (χ1) is 14.2. The van der Waals surface area contributed by atoms with Gasteiger partial charge in [-0.2, -0.15) is 0 Å². The molecule has 3 N–H and O–H groups in total. The highest BCUT2D eigenvalue weighted by Crippen LogP contribution is 2.41. The molecule has 0 aliphatic carbocycles. The van der Waals surface area contributed by atoms with E-state index in [9.17, 15) is 5.11 Å². The van der Waals surface area contributed by atoms with Gasteiger partial charge in [0.2, 0.25) is 0 Å². The maximum atomic E-state index is 9.42. The van der Waals surface area contributed by atoms with Crippen LogP contribution in [0.3, 0.4) is 0 Å². The summed E-state index contributed by atoms with van der Waals surface area (Å²) in [6, 6.07) is 10.4. The number of aromatic nitrogens is 3. The average molecular weight is 401 g/mol. The fourth-order valence-electron chi connectivity index (χ4n) is 3.67. The Morgan fingerprint density at radius 2 is 2.10 bits per heavy atom. The second kappa shape index (κ2) is 7.08. The van der Waals surface area contributed by atoms with Gasteiger partial charge in [-0.15, -0.1) is 17.8 Å². The van der Waals surface area contributed by atoms with Crippen LogP contribution in [0.15, 0.2) is 30.3 Å². The number of rotatable bonds is 2. The highest BCUT2D eigenvalue weighted by molar-refractivity contribution is 7.20. The number of aliphatic hydroxyl groups is 1. The topological polar surface area (TPSA) is 83.0 Å². The minimum absolute atomic E-state index is 0.268. The summed E-state index contributed by atoms with van der Waals surface area (Å²) in [5.74, 6) is 2.80. The van der Waals surface area contributed by atoms with E-state index >= 15 is 0 Å². The molecule has 29 heavy (non-hydrogen) atoms. The number of nitrogens with one attached hydrogen (secondary N) is 2. The van der Waals surface area contributed by atoms with Crippen molar-refractivity contribution >= 4 is 38.0 Å². The number of pyridine rings is 1. The largest absolute Gasteiger partial charge is 0.388 e. The van der Waals surface area contributed by atoms with Crippen LogP contribution in [0.1, 0.15) is 23.3 Å². The first-order valence-electron chi connectivity index (χ1n) is 9.44. The fourth-order valence-corrected chi connectivity index (χ4v) is 4.82. The number of anilines is 1. The Morgan fingerprint density at radius 3 is 2.93 bits per heavy atom. The lowest BCUT2D eigenvalue weighted by atomic mass is 10.1. The molecule has 4 heterocycles. The zero-order chi connectivity index (χ0) is 20.0. The SMILES string of the molecule is C#Cc1cc(-c2ccc3c(ccc4sc5c(c43)NC[C@@H](C)NC5)n2)nc(CO)n1. The summed E-state index contributed by atoms with van der Waals surface area (Å²) in [5, 5.41) is 18.9. The first kappa shape index (κ1) is 18.0. The number of aliphatic hydroxyl groups excluding tert-OH is 1. The Labute approximate surface area is 172 Å². The molecule has 0 unspecified atom stereocenters. The van der Waals surface area contributed by atoms with Crippen molar-refractivity contribution in [3.8, 4) is 23.7 Å². The van der Waals surface area contributed by atoms with Gasteiger partial charge in [-0.05, 0) is 31.2 Å². The maximum Gasteiger partial charge on any atom is 0.155 e. The lowest BCUT2D eigenvalue weighted by Gasteiger charge is -2.10. The first-order valence-corrected chi connectivity index (χ1v) is 10.3. The molecule has 144 valence electrons. The molecule has 1 aliphatic rings. The van der Waals surface area contributed by atoms with Gasteiger partial charge in [-0.25, -0.2) is 15.0 Å². The van der Waals surface area contributed by atoms with Crippen molar-refractivity contribution in [2.45, 2.75) is 26.1 Å². The van der Waals surface area contributed by atoms with Crippen LogP contribution in [0, 0.1) is 12.3 Å². The van der Waals surface area contributed by atoms with Crippen LogP contribution in [0.25, 0.3) is 32.4 Å². The van der Waals surface area contributed by atoms with Gasteiger partial charge in [-0.3, -0.25) is 0 Å². The number of hydrogen-bond donors (Lipinski definition) is 3. The lowest BCUT2D eigenvalue weighted by Crippen LogP contribution is -2.29. The van der Waals surface area contributed by atoms with E-state index in [0.29, 0.717) is 28.9 Å². The van der Waals surface area contributed by atoms with Crippen LogP contribution in [0.5, 0.6) is 0 Å². The molecule has 0 bridgehead atoms. The Hall–Kier alpha value is -3.05. The summed E-state index contributed by atoms with van der Waals surface area (Å²) in [7, 11) is 0. The maximum absolute atomic E-state index is 9.42. The van der Waals surface area contributed by atoms with Crippen molar-refractivity contribution in [2.75, 3.05) is 11.9 Å². The van der Waals surface area contributed by atoms with Gasteiger partial charge in [0.25, 0.3) is 0 Å². The van der Waals surface area contributed by atoms with Crippen LogP contribution in [-0.2, 0) is 13.2 Å². The van der Waals surface area contributed by atoms with E-state index in [4.69, 9.17) is 11.4 Å². The van der Waals surface area contributed by atoms with Crippen molar-refractivity contribution in [1.29, 1.82) is 0 Å². The van der Waals surface area contributed by atoms with Crippen molar-refractivity contribution in [3.05, 3.63) is 46.7 Å². The van der Waals surface area contributed by atoms with Crippen LogP contribution >= 0.6 is 11.3 Å². The molecule has 7 heteroatoms. The quantitative estimate of drug-likeness (QED) is 0.447. The van der Waals surface area contributed by atoms with E-state index < -0.39 is 0 Å². The zero-order valence-corrected chi connectivity index (χ0v) is 16.7. The molecule has 0 spiro atoms. The second-order valence-electron chi connectivity index (χ2n) is 7.12. The minimum Gasteiger partial charge on any atom is -0.388 e. The third kappa shape index (κ3) is 3.12. The summed E-state index contributed by atoms with van der Waals surface area (Å²) in [5.41, 5.74) is 3.86. The van der Waals surface area contributed by atoms with Gasteiger partial charge in [0.15, 0.2) is 5.82 Å². The molecule has 1 atom stereocenters. The number of nitrogens with zero attached hydrogens (tertiary/aromatic N) is 3. The van der Waals surface area contributed by atoms with Crippen LogP contribution in [-0.4, -0.2) is 32.6 Å². The third-order valence-corrected chi connectivity index (χ3v) is 6.27. The standard InChI is InChI=1S/C22H19N5OS/c1-3-13-8-17(27-20(11-28)25-13)16-5-4-14-15(26-16)6-7-18-21(14)22-19(29-18)10-23-12(2)9-24-22/h1,4-8,12,23-24,28H,9-11H2,2H3/t12-/m1/s1. The van der Waals surface area contributed by atoms with Crippen molar-refractivity contribution in [2.24, 2.45) is 0 Å². The third-order valence-electron chi connectivity index (χ3n) is 5.12. The van der Waals surface area contributed by atoms with Gasteiger partial charge in [0.05, 0.1) is 22.6 Å². The predicted octanol–water partition coefficient (Wildman–Crippen LogP) is 3.28. The van der Waals surface area contributed by atoms with Crippen LogP contribution in [0.4, 0.5) is 5.69 Å². The van der Waals surface area contributed by atoms with Crippen LogP contribution < -0.4 is 10.6 Å². The zero-order valence-electron chi connectivity index (χ0n) is 15.9. The number of benzene rings is 1. The summed E-state index contributed by atoms with van der Waals surface area (Å²) in [4.78, 5) is 14.7. The Bertz CT molecular complexity index is 1290. The van der Waals surface area contributed by atoms with Gasteiger partial charge in [-0.1, -0.05) is 5.92 Å². The molecule has 4 aromatic rings. The molecule has 3 aromatic heterocycles. The predicted molar refractivity (Wildman–Crippen MR) is 117 cm³/mol. The van der Waals surface area contributed by atoms with Gasteiger partial charge >= 0.3 is 0 Å². The van der Waals surface area contributed by atoms with E-state index in [-0.39, 0.29) is 6.61 Å². The molecule has 0 radical (unpaired) electrons.